The summed E-state index contributed by atoms with van der Waals surface area (Å²) in [5.41, 5.74) is 3.24. The van der Waals surface area contributed by atoms with Crippen LogP contribution in [0, 0.1) is 6.92 Å². The molecule has 0 saturated carbocycles. The molecule has 0 fully saturated rings. The molecule has 1 aliphatic heterocycles. The van der Waals surface area contributed by atoms with Gasteiger partial charge in [-0.1, -0.05) is 31.2 Å². The Balaban J connectivity index is 2.41. The lowest BCUT2D eigenvalue weighted by Gasteiger charge is -2.28. The molecule has 1 aliphatic rings. The molecule has 0 bridgehead atoms. The topological polar surface area (TPSA) is 55.4 Å². The smallest absolute Gasteiger partial charge is 0.336 e. The van der Waals surface area contributed by atoms with E-state index in [0.717, 1.165) is 17.5 Å². The lowest BCUT2D eigenvalue weighted by Crippen LogP contribution is -2.35. The maximum atomic E-state index is 12.5. The van der Waals surface area contributed by atoms with E-state index in [4.69, 9.17) is 4.74 Å². The van der Waals surface area contributed by atoms with Crippen LogP contribution in [-0.4, -0.2) is 18.0 Å². The molecule has 0 aliphatic carbocycles. The van der Waals surface area contributed by atoms with Gasteiger partial charge in [-0.3, -0.25) is 4.79 Å². The molecule has 4 heteroatoms. The second-order valence-corrected chi connectivity index (χ2v) is 5.82. The van der Waals surface area contributed by atoms with E-state index >= 15 is 0 Å². The largest absolute Gasteiger partial charge is 0.459 e. The Labute approximate surface area is 131 Å². The Bertz CT molecular complexity index is 619. The first-order valence-electron chi connectivity index (χ1n) is 7.71. The molecule has 2 rings (SSSR count). The van der Waals surface area contributed by atoms with Crippen molar-refractivity contribution in [2.45, 2.75) is 52.6 Å². The average Bonchev–Trinajstić information content (AvgIpc) is 2.46. The van der Waals surface area contributed by atoms with Crippen molar-refractivity contribution in [2.75, 3.05) is 0 Å². The summed E-state index contributed by atoms with van der Waals surface area (Å²) in [4.78, 5) is 24.5. The number of esters is 1. The highest BCUT2D eigenvalue weighted by atomic mass is 16.5. The van der Waals surface area contributed by atoms with Gasteiger partial charge in [0, 0.05) is 18.0 Å². The van der Waals surface area contributed by atoms with Crippen molar-refractivity contribution >= 4 is 11.9 Å². The van der Waals surface area contributed by atoms with Crippen LogP contribution in [0.3, 0.4) is 0 Å². The minimum absolute atomic E-state index is 0.0640. The summed E-state index contributed by atoms with van der Waals surface area (Å²) < 4.78 is 5.49. The highest BCUT2D eigenvalue weighted by Gasteiger charge is 2.33. The number of amides is 1. The normalized spacial score (nSPS) is 19.6. The van der Waals surface area contributed by atoms with Crippen molar-refractivity contribution < 1.29 is 14.3 Å². The Morgan fingerprint density at radius 1 is 1.36 bits per heavy atom. The number of benzene rings is 1. The fraction of sp³-hybridized carbons (Fsp3) is 0.444. The number of nitrogens with one attached hydrogen (secondary N) is 1. The van der Waals surface area contributed by atoms with Gasteiger partial charge in [-0.25, -0.2) is 4.79 Å². The summed E-state index contributed by atoms with van der Waals surface area (Å²) in [6.07, 6.45) is 0.898. The number of allylic oxidation sites excluding steroid dienone is 1. The Kier molecular flexibility index (Phi) is 5.01. The lowest BCUT2D eigenvalue weighted by atomic mass is 9.82. The number of carbonyl (C=O) groups excluding carboxylic acids is 2. The van der Waals surface area contributed by atoms with Crippen LogP contribution in [0.4, 0.5) is 0 Å². The molecular weight excluding hydrogens is 278 g/mol. The Hall–Kier alpha value is -2.10. The Morgan fingerprint density at radius 3 is 2.68 bits per heavy atom. The van der Waals surface area contributed by atoms with E-state index in [1.165, 1.54) is 0 Å². The van der Waals surface area contributed by atoms with Gasteiger partial charge in [0.05, 0.1) is 11.7 Å². The van der Waals surface area contributed by atoms with Crippen LogP contribution in [0.5, 0.6) is 0 Å². The summed E-state index contributed by atoms with van der Waals surface area (Å²) in [5, 5.41) is 2.76. The van der Waals surface area contributed by atoms with Crippen LogP contribution in [0.2, 0.25) is 0 Å². The molecule has 118 valence electrons. The number of aryl methyl sites for hydroxylation is 1. The molecule has 0 aromatic heterocycles. The number of carbonyl (C=O) groups is 2. The first kappa shape index (κ1) is 16.3. The van der Waals surface area contributed by atoms with E-state index < -0.39 is 0 Å². The van der Waals surface area contributed by atoms with Crippen molar-refractivity contribution in [3.8, 4) is 0 Å². The molecular formula is C18H23NO3. The molecule has 2 atom stereocenters. The molecule has 22 heavy (non-hydrogen) atoms. The van der Waals surface area contributed by atoms with E-state index in [0.29, 0.717) is 11.3 Å². The van der Waals surface area contributed by atoms with Crippen LogP contribution >= 0.6 is 0 Å². The third-order valence-electron chi connectivity index (χ3n) is 4.14. The average molecular weight is 301 g/mol. The molecule has 0 radical (unpaired) electrons. The summed E-state index contributed by atoms with van der Waals surface area (Å²) in [6.45, 7) is 7.60. The van der Waals surface area contributed by atoms with Crippen LogP contribution in [0.25, 0.3) is 0 Å². The highest BCUT2D eigenvalue weighted by molar-refractivity contribution is 5.96. The lowest BCUT2D eigenvalue weighted by molar-refractivity contribution is -0.144. The third-order valence-corrected chi connectivity index (χ3v) is 4.14. The first-order valence-corrected chi connectivity index (χ1v) is 7.71. The van der Waals surface area contributed by atoms with Gasteiger partial charge in [-0.05, 0) is 38.3 Å². The monoisotopic (exact) mass is 301 g/mol. The van der Waals surface area contributed by atoms with Crippen LogP contribution < -0.4 is 5.32 Å². The summed E-state index contributed by atoms with van der Waals surface area (Å²) >= 11 is 0. The standard InChI is InChI=1S/C18H23NO3/c1-5-12(3)22-18(21)17-13(4)19-16(20)10-15(17)14-9-7-6-8-11(14)2/h6-9,12,15H,5,10H2,1-4H3,(H,19,20)/t12-,15+/m0/s1. The van der Waals surface area contributed by atoms with E-state index in [-0.39, 0.29) is 30.3 Å². The van der Waals surface area contributed by atoms with E-state index in [9.17, 15) is 9.59 Å². The van der Waals surface area contributed by atoms with Gasteiger partial charge in [-0.2, -0.15) is 0 Å². The van der Waals surface area contributed by atoms with Crippen LogP contribution in [0.15, 0.2) is 35.5 Å². The predicted molar refractivity (Wildman–Crippen MR) is 85.2 cm³/mol. The van der Waals surface area contributed by atoms with E-state index in [2.05, 4.69) is 5.32 Å². The number of hydrogen-bond acceptors (Lipinski definition) is 3. The van der Waals surface area contributed by atoms with Gasteiger partial charge in [0.1, 0.15) is 0 Å². The van der Waals surface area contributed by atoms with Gasteiger partial charge in [-0.15, -0.1) is 0 Å². The molecule has 1 N–H and O–H groups in total. The highest BCUT2D eigenvalue weighted by Crippen LogP contribution is 2.35. The molecule has 0 unspecified atom stereocenters. The molecule has 0 saturated heterocycles. The molecule has 4 nitrogen and oxygen atoms in total. The number of hydrogen-bond donors (Lipinski definition) is 1. The molecule has 0 spiro atoms. The summed E-state index contributed by atoms with van der Waals surface area (Å²) in [6, 6.07) is 7.86. The number of ether oxygens (including phenoxy) is 1. The molecule has 1 heterocycles. The molecule has 1 aromatic rings. The van der Waals surface area contributed by atoms with Crippen LogP contribution in [-0.2, 0) is 14.3 Å². The zero-order valence-corrected chi connectivity index (χ0v) is 13.6. The van der Waals surface area contributed by atoms with E-state index in [1.807, 2.05) is 45.0 Å². The van der Waals surface area contributed by atoms with Gasteiger partial charge in [0.2, 0.25) is 5.91 Å². The van der Waals surface area contributed by atoms with E-state index in [1.54, 1.807) is 6.92 Å². The predicted octanol–water partition coefficient (Wildman–Crippen LogP) is 3.21. The fourth-order valence-electron chi connectivity index (χ4n) is 2.74. The van der Waals surface area contributed by atoms with Gasteiger partial charge >= 0.3 is 5.97 Å². The van der Waals surface area contributed by atoms with Gasteiger partial charge in [0.15, 0.2) is 0 Å². The second kappa shape index (κ2) is 6.77. The first-order chi connectivity index (χ1) is 10.4. The minimum atomic E-state index is -0.333. The zero-order chi connectivity index (χ0) is 16.3. The second-order valence-electron chi connectivity index (χ2n) is 5.82. The van der Waals surface area contributed by atoms with Gasteiger partial charge < -0.3 is 10.1 Å². The van der Waals surface area contributed by atoms with Crippen molar-refractivity contribution in [3.05, 3.63) is 46.7 Å². The number of rotatable bonds is 4. The van der Waals surface area contributed by atoms with Crippen LogP contribution in [0.1, 0.15) is 50.7 Å². The molecule has 1 amide bonds. The summed E-state index contributed by atoms with van der Waals surface area (Å²) in [7, 11) is 0. The zero-order valence-electron chi connectivity index (χ0n) is 13.6. The summed E-state index contributed by atoms with van der Waals surface area (Å²) in [5.74, 6) is -0.641. The van der Waals surface area contributed by atoms with Crippen molar-refractivity contribution in [1.82, 2.24) is 5.32 Å². The maximum absolute atomic E-state index is 12.5. The fourth-order valence-corrected chi connectivity index (χ4v) is 2.74. The molecule has 1 aromatic carbocycles. The quantitative estimate of drug-likeness (QED) is 0.869. The van der Waals surface area contributed by atoms with Crippen molar-refractivity contribution in [3.63, 3.8) is 0 Å². The Morgan fingerprint density at radius 2 is 2.05 bits per heavy atom. The minimum Gasteiger partial charge on any atom is -0.459 e. The van der Waals surface area contributed by atoms with Crippen molar-refractivity contribution in [1.29, 1.82) is 0 Å². The van der Waals surface area contributed by atoms with Crippen molar-refractivity contribution in [2.24, 2.45) is 0 Å². The van der Waals surface area contributed by atoms with Gasteiger partial charge in [0.25, 0.3) is 0 Å². The SMILES string of the molecule is CC[C@H](C)OC(=O)C1=C(C)NC(=O)C[C@@H]1c1ccccc1C. The maximum Gasteiger partial charge on any atom is 0.336 e. The third kappa shape index (κ3) is 3.38.